The van der Waals surface area contributed by atoms with E-state index in [9.17, 15) is 9.59 Å². The van der Waals surface area contributed by atoms with Crippen molar-refractivity contribution in [3.63, 3.8) is 0 Å². The number of carbonyl (C=O) groups excluding carboxylic acids is 2. The summed E-state index contributed by atoms with van der Waals surface area (Å²) in [6.45, 7) is 2.93. The molecule has 1 fully saturated rings. The van der Waals surface area contributed by atoms with Crippen LogP contribution in [-0.2, 0) is 17.8 Å². The van der Waals surface area contributed by atoms with Gasteiger partial charge < -0.3 is 10.2 Å². The molecule has 1 aliphatic rings. The second kappa shape index (κ2) is 7.92. The fourth-order valence-corrected chi connectivity index (χ4v) is 3.02. The van der Waals surface area contributed by atoms with E-state index in [1.54, 1.807) is 11.1 Å². The van der Waals surface area contributed by atoms with E-state index in [4.69, 9.17) is 0 Å². The zero-order valence-corrected chi connectivity index (χ0v) is 14.4. The Morgan fingerprint density at radius 2 is 2.28 bits per heavy atom. The number of nitrogens with zero attached hydrogens (tertiary/aromatic N) is 3. The Balaban J connectivity index is 1.76. The summed E-state index contributed by atoms with van der Waals surface area (Å²) in [6.07, 6.45) is 4.82. The fraction of sp³-hybridized carbons (Fsp3) is 0.444. The van der Waals surface area contributed by atoms with Crippen LogP contribution in [0.1, 0.15) is 48.1 Å². The van der Waals surface area contributed by atoms with E-state index in [0.717, 1.165) is 30.7 Å². The lowest BCUT2D eigenvalue weighted by Crippen LogP contribution is -2.41. The number of nitrogens with one attached hydrogen (secondary N) is 2. The number of carbonyl (C=O) groups is 2. The quantitative estimate of drug-likeness (QED) is 0.801. The van der Waals surface area contributed by atoms with Crippen LogP contribution < -0.4 is 5.32 Å². The van der Waals surface area contributed by atoms with Gasteiger partial charge in [0, 0.05) is 30.9 Å². The topological polar surface area (TPSA) is 91.0 Å². The average molecular weight is 341 g/mol. The Labute approximate surface area is 146 Å². The minimum absolute atomic E-state index is 0.0192. The molecule has 3 rings (SSSR count). The minimum Gasteiger partial charge on any atom is -0.352 e. The highest BCUT2D eigenvalue weighted by molar-refractivity contribution is 5.92. The summed E-state index contributed by atoms with van der Waals surface area (Å²) >= 11 is 0. The lowest BCUT2D eigenvalue weighted by molar-refractivity contribution is -0.119. The fourth-order valence-electron chi connectivity index (χ4n) is 3.02. The lowest BCUT2D eigenvalue weighted by Gasteiger charge is -2.24. The summed E-state index contributed by atoms with van der Waals surface area (Å²) in [6, 6.07) is 7.42. The Kier molecular flexibility index (Phi) is 5.42. The van der Waals surface area contributed by atoms with Crippen LogP contribution in [0.4, 0.5) is 0 Å². The smallest absolute Gasteiger partial charge is 0.274 e. The van der Waals surface area contributed by atoms with Crippen LogP contribution >= 0.6 is 0 Å². The van der Waals surface area contributed by atoms with Crippen molar-refractivity contribution >= 4 is 11.8 Å². The third-order valence-corrected chi connectivity index (χ3v) is 4.26. The third kappa shape index (κ3) is 4.43. The maximum Gasteiger partial charge on any atom is 0.274 e. The molecule has 1 aliphatic heterocycles. The van der Waals surface area contributed by atoms with Gasteiger partial charge in [-0.25, -0.2) is 0 Å². The summed E-state index contributed by atoms with van der Waals surface area (Å²) in [5.74, 6) is -0.106. The Morgan fingerprint density at radius 3 is 2.96 bits per heavy atom. The van der Waals surface area contributed by atoms with Gasteiger partial charge >= 0.3 is 0 Å². The molecule has 1 saturated heterocycles. The van der Waals surface area contributed by atoms with Crippen molar-refractivity contribution in [2.24, 2.45) is 0 Å². The second-order valence-electron chi connectivity index (χ2n) is 6.34. The summed E-state index contributed by atoms with van der Waals surface area (Å²) in [7, 11) is 0. The molecule has 7 nitrogen and oxygen atoms in total. The monoisotopic (exact) mass is 341 g/mol. The van der Waals surface area contributed by atoms with E-state index in [1.165, 1.54) is 0 Å². The molecule has 0 aliphatic carbocycles. The van der Waals surface area contributed by atoms with Crippen LogP contribution in [0.5, 0.6) is 0 Å². The van der Waals surface area contributed by atoms with Crippen molar-refractivity contribution in [1.29, 1.82) is 0 Å². The predicted molar refractivity (Wildman–Crippen MR) is 92.7 cm³/mol. The molecule has 25 heavy (non-hydrogen) atoms. The van der Waals surface area contributed by atoms with Crippen LogP contribution in [0.25, 0.3) is 0 Å². The lowest BCUT2D eigenvalue weighted by atomic mass is 10.2. The van der Waals surface area contributed by atoms with Gasteiger partial charge in [0.25, 0.3) is 5.91 Å². The first-order chi connectivity index (χ1) is 12.2. The van der Waals surface area contributed by atoms with Gasteiger partial charge in [0.1, 0.15) is 5.69 Å². The van der Waals surface area contributed by atoms with Gasteiger partial charge in [-0.05, 0) is 31.0 Å². The minimum atomic E-state index is -0.148. The number of pyridine rings is 1. The Morgan fingerprint density at radius 1 is 1.40 bits per heavy atom. The SMILES string of the molecule is CCCc1cc(C(=O)N(Cc2ccccn2)C[C@@H]2CCC(=O)N2)n[nH]1. The largest absolute Gasteiger partial charge is 0.352 e. The van der Waals surface area contributed by atoms with Crippen molar-refractivity contribution in [1.82, 2.24) is 25.4 Å². The van der Waals surface area contributed by atoms with Crippen LogP contribution in [0.2, 0.25) is 0 Å². The van der Waals surface area contributed by atoms with Crippen molar-refractivity contribution in [3.8, 4) is 0 Å². The van der Waals surface area contributed by atoms with E-state index in [2.05, 4.69) is 27.4 Å². The summed E-state index contributed by atoms with van der Waals surface area (Å²) in [4.78, 5) is 30.4. The first-order valence-corrected chi connectivity index (χ1v) is 8.68. The van der Waals surface area contributed by atoms with Crippen molar-refractivity contribution < 1.29 is 9.59 Å². The van der Waals surface area contributed by atoms with Crippen LogP contribution in [0.3, 0.4) is 0 Å². The highest BCUT2D eigenvalue weighted by Crippen LogP contribution is 2.14. The zero-order valence-electron chi connectivity index (χ0n) is 14.4. The van der Waals surface area contributed by atoms with Gasteiger partial charge in [-0.1, -0.05) is 19.4 Å². The molecule has 2 amide bonds. The van der Waals surface area contributed by atoms with Crippen LogP contribution in [0, 0.1) is 0 Å². The maximum atomic E-state index is 12.9. The molecule has 0 radical (unpaired) electrons. The molecule has 0 spiro atoms. The van der Waals surface area contributed by atoms with Gasteiger partial charge in [-0.3, -0.25) is 19.7 Å². The number of hydrogen-bond donors (Lipinski definition) is 2. The molecule has 0 aromatic carbocycles. The molecule has 132 valence electrons. The van der Waals surface area contributed by atoms with E-state index in [-0.39, 0.29) is 17.9 Å². The Hall–Kier alpha value is -2.70. The highest BCUT2D eigenvalue weighted by Gasteiger charge is 2.27. The maximum absolute atomic E-state index is 12.9. The summed E-state index contributed by atoms with van der Waals surface area (Å²) < 4.78 is 0. The molecule has 2 aromatic rings. The van der Waals surface area contributed by atoms with Crippen molar-refractivity contribution in [2.75, 3.05) is 6.54 Å². The van der Waals surface area contributed by atoms with Crippen LogP contribution in [0.15, 0.2) is 30.5 Å². The molecule has 2 N–H and O–H groups in total. The van der Waals surface area contributed by atoms with Gasteiger partial charge in [0.2, 0.25) is 5.91 Å². The third-order valence-electron chi connectivity index (χ3n) is 4.26. The van der Waals surface area contributed by atoms with E-state index >= 15 is 0 Å². The molecular formula is C18H23N5O2. The summed E-state index contributed by atoms with van der Waals surface area (Å²) in [5.41, 5.74) is 2.17. The first kappa shape index (κ1) is 17.1. The molecule has 0 bridgehead atoms. The Bertz CT molecular complexity index is 728. The molecule has 1 atom stereocenters. The number of aromatic amines is 1. The number of H-pyrrole nitrogens is 1. The van der Waals surface area contributed by atoms with E-state index < -0.39 is 0 Å². The second-order valence-corrected chi connectivity index (χ2v) is 6.34. The average Bonchev–Trinajstić information content (AvgIpc) is 3.24. The number of aromatic nitrogens is 3. The standard InChI is InChI=1S/C18H23N5O2/c1-2-5-13-10-16(22-21-13)18(25)23(11-14-6-3-4-9-19-14)12-15-7-8-17(24)20-15/h3-4,6,9-10,15H,2,5,7-8,11-12H2,1H3,(H,20,24)(H,21,22)/t15-/m0/s1. The van der Waals surface area contributed by atoms with Gasteiger partial charge in [0.15, 0.2) is 0 Å². The zero-order chi connectivity index (χ0) is 17.6. The molecule has 3 heterocycles. The van der Waals surface area contributed by atoms with Crippen molar-refractivity contribution in [3.05, 3.63) is 47.5 Å². The molecule has 7 heteroatoms. The number of amides is 2. The van der Waals surface area contributed by atoms with E-state index in [0.29, 0.717) is 25.2 Å². The van der Waals surface area contributed by atoms with Gasteiger partial charge in [-0.15, -0.1) is 0 Å². The van der Waals surface area contributed by atoms with Crippen molar-refractivity contribution in [2.45, 2.75) is 45.2 Å². The van der Waals surface area contributed by atoms with Gasteiger partial charge in [-0.2, -0.15) is 5.10 Å². The molecule has 0 saturated carbocycles. The van der Waals surface area contributed by atoms with E-state index in [1.807, 2.05) is 24.3 Å². The van der Waals surface area contributed by atoms with Gasteiger partial charge in [0.05, 0.1) is 12.2 Å². The number of hydrogen-bond acceptors (Lipinski definition) is 4. The van der Waals surface area contributed by atoms with Crippen LogP contribution in [-0.4, -0.2) is 44.5 Å². The normalized spacial score (nSPS) is 16.7. The predicted octanol–water partition coefficient (Wildman–Crippen LogP) is 1.68. The molecule has 0 unspecified atom stereocenters. The number of aryl methyl sites for hydroxylation is 1. The highest BCUT2D eigenvalue weighted by atomic mass is 16.2. The number of rotatable bonds is 7. The molecular weight excluding hydrogens is 318 g/mol. The first-order valence-electron chi connectivity index (χ1n) is 8.68. The molecule has 2 aromatic heterocycles. The summed E-state index contributed by atoms with van der Waals surface area (Å²) in [5, 5.41) is 10.0.